The molecule has 4 rings (SSSR count). The molecule has 1 fully saturated rings. The van der Waals surface area contributed by atoms with Crippen molar-refractivity contribution in [1.82, 2.24) is 5.32 Å². The molecule has 2 amide bonds. The minimum Gasteiger partial charge on any atom is -0.491 e. The SMILES string of the molecule is O=C1NC(=O)C(Cc2ccc(OCCOC(c3ccccc3)c3ccc(Cl)cc3)cc2)S1. The molecule has 0 aromatic heterocycles. The molecule has 0 bridgehead atoms. The van der Waals surface area contributed by atoms with Crippen molar-refractivity contribution in [1.29, 1.82) is 0 Å². The van der Waals surface area contributed by atoms with Crippen molar-refractivity contribution in [2.45, 2.75) is 17.8 Å². The minimum absolute atomic E-state index is 0.211. The number of nitrogens with one attached hydrogen (secondary N) is 1. The Labute approximate surface area is 196 Å². The second-order valence-electron chi connectivity index (χ2n) is 7.29. The van der Waals surface area contributed by atoms with E-state index in [9.17, 15) is 9.59 Å². The number of rotatable bonds is 9. The highest BCUT2D eigenvalue weighted by molar-refractivity contribution is 8.15. The van der Waals surface area contributed by atoms with E-state index in [1.807, 2.05) is 78.9 Å². The van der Waals surface area contributed by atoms with Gasteiger partial charge in [0, 0.05) is 5.02 Å². The fourth-order valence-electron chi connectivity index (χ4n) is 3.44. The van der Waals surface area contributed by atoms with Crippen LogP contribution in [0.1, 0.15) is 22.8 Å². The highest BCUT2D eigenvalue weighted by Crippen LogP contribution is 2.27. The minimum atomic E-state index is -0.370. The monoisotopic (exact) mass is 467 g/mol. The van der Waals surface area contributed by atoms with Crippen LogP contribution in [0.15, 0.2) is 78.9 Å². The number of carbonyl (C=O) groups excluding carboxylic acids is 2. The zero-order valence-corrected chi connectivity index (χ0v) is 18.8. The van der Waals surface area contributed by atoms with Crippen LogP contribution < -0.4 is 10.1 Å². The highest BCUT2D eigenvalue weighted by Gasteiger charge is 2.31. The van der Waals surface area contributed by atoms with Crippen molar-refractivity contribution >= 4 is 34.5 Å². The van der Waals surface area contributed by atoms with E-state index in [0.717, 1.165) is 34.2 Å². The molecule has 0 spiro atoms. The largest absolute Gasteiger partial charge is 0.491 e. The van der Waals surface area contributed by atoms with Crippen molar-refractivity contribution in [2.24, 2.45) is 0 Å². The van der Waals surface area contributed by atoms with Gasteiger partial charge >= 0.3 is 0 Å². The van der Waals surface area contributed by atoms with E-state index >= 15 is 0 Å². The average molecular weight is 468 g/mol. The molecule has 1 aliphatic rings. The molecular formula is C25H22ClNO4S. The van der Waals surface area contributed by atoms with Crippen molar-refractivity contribution in [3.05, 3.63) is 101 Å². The number of hydrogen-bond donors (Lipinski definition) is 1. The van der Waals surface area contributed by atoms with Gasteiger partial charge in [0.2, 0.25) is 5.91 Å². The maximum atomic E-state index is 11.7. The molecule has 3 aromatic carbocycles. The smallest absolute Gasteiger partial charge is 0.286 e. The number of halogens is 1. The van der Waals surface area contributed by atoms with Crippen LogP contribution >= 0.6 is 23.4 Å². The lowest BCUT2D eigenvalue weighted by molar-refractivity contribution is -0.118. The van der Waals surface area contributed by atoms with Crippen LogP contribution in [0.25, 0.3) is 0 Å². The van der Waals surface area contributed by atoms with Gasteiger partial charge in [0.05, 0.1) is 11.9 Å². The molecule has 0 saturated carbocycles. The summed E-state index contributed by atoms with van der Waals surface area (Å²) in [5, 5.41) is 2.34. The number of hydrogen-bond acceptors (Lipinski definition) is 5. The Bertz CT molecular complexity index is 1060. The Hall–Kier alpha value is -2.80. The first kappa shape index (κ1) is 22.4. The van der Waals surface area contributed by atoms with E-state index in [4.69, 9.17) is 21.1 Å². The fourth-order valence-corrected chi connectivity index (χ4v) is 4.42. The van der Waals surface area contributed by atoms with Gasteiger partial charge in [-0.3, -0.25) is 14.9 Å². The number of amides is 2. The molecule has 164 valence electrons. The number of benzene rings is 3. The standard InChI is InChI=1S/C25H22ClNO4S/c26-20-10-8-19(9-11-20)23(18-4-2-1-3-5-18)31-15-14-30-21-12-6-17(7-13-21)16-22-24(28)27-25(29)32-22/h1-13,22-23H,14-16H2,(H,27,28,29). The first-order valence-corrected chi connectivity index (χ1v) is 11.5. The van der Waals surface area contributed by atoms with Gasteiger partial charge in [-0.1, -0.05) is 78.0 Å². The first-order valence-electron chi connectivity index (χ1n) is 10.2. The third-order valence-electron chi connectivity index (χ3n) is 5.02. The third-order valence-corrected chi connectivity index (χ3v) is 6.26. The Morgan fingerprint density at radius 2 is 1.56 bits per heavy atom. The summed E-state index contributed by atoms with van der Waals surface area (Å²) in [5.41, 5.74) is 3.06. The summed E-state index contributed by atoms with van der Waals surface area (Å²) >= 11 is 7.07. The van der Waals surface area contributed by atoms with Gasteiger partial charge in [0.1, 0.15) is 18.5 Å². The predicted octanol–water partition coefficient (Wildman–Crippen LogP) is 5.42. The number of imide groups is 1. The Balaban J connectivity index is 1.30. The summed E-state index contributed by atoms with van der Waals surface area (Å²) in [6.45, 7) is 0.802. The van der Waals surface area contributed by atoms with E-state index in [2.05, 4.69) is 5.32 Å². The van der Waals surface area contributed by atoms with Crippen LogP contribution in [0.5, 0.6) is 5.75 Å². The van der Waals surface area contributed by atoms with Crippen molar-refractivity contribution in [3.8, 4) is 5.75 Å². The summed E-state index contributed by atoms with van der Waals surface area (Å²) in [7, 11) is 0. The van der Waals surface area contributed by atoms with Gasteiger partial charge in [-0.05, 0) is 47.4 Å². The summed E-state index contributed by atoms with van der Waals surface area (Å²) in [4.78, 5) is 23.0. The lowest BCUT2D eigenvalue weighted by Crippen LogP contribution is -2.25. The summed E-state index contributed by atoms with van der Waals surface area (Å²) < 4.78 is 12.0. The average Bonchev–Trinajstić information content (AvgIpc) is 3.13. The lowest BCUT2D eigenvalue weighted by atomic mass is 10.0. The summed E-state index contributed by atoms with van der Waals surface area (Å²) in [6, 6.07) is 25.2. The normalized spacial score (nSPS) is 16.6. The zero-order valence-electron chi connectivity index (χ0n) is 17.2. The molecule has 0 aliphatic carbocycles. The van der Waals surface area contributed by atoms with Crippen LogP contribution in [0, 0.1) is 0 Å². The van der Waals surface area contributed by atoms with E-state index in [1.54, 1.807) is 0 Å². The lowest BCUT2D eigenvalue weighted by Gasteiger charge is -2.19. The topological polar surface area (TPSA) is 64.6 Å². The Morgan fingerprint density at radius 1 is 0.875 bits per heavy atom. The number of ether oxygens (including phenoxy) is 2. The maximum absolute atomic E-state index is 11.7. The number of thioether (sulfide) groups is 1. The van der Waals surface area contributed by atoms with Gasteiger partial charge < -0.3 is 9.47 Å². The maximum Gasteiger partial charge on any atom is 0.286 e. The predicted molar refractivity (Wildman–Crippen MR) is 126 cm³/mol. The molecule has 1 N–H and O–H groups in total. The molecule has 2 atom stereocenters. The molecule has 3 aromatic rings. The molecule has 2 unspecified atom stereocenters. The first-order chi connectivity index (χ1) is 15.6. The second kappa shape index (κ2) is 10.7. The van der Waals surface area contributed by atoms with E-state index in [-0.39, 0.29) is 22.5 Å². The Morgan fingerprint density at radius 3 is 2.22 bits per heavy atom. The van der Waals surface area contributed by atoms with Crippen LogP contribution in [0.2, 0.25) is 5.02 Å². The molecule has 7 heteroatoms. The number of carbonyl (C=O) groups is 2. The molecule has 1 saturated heterocycles. The highest BCUT2D eigenvalue weighted by atomic mass is 35.5. The van der Waals surface area contributed by atoms with Gasteiger partial charge in [-0.15, -0.1) is 0 Å². The van der Waals surface area contributed by atoms with Crippen LogP contribution in [0.3, 0.4) is 0 Å². The van der Waals surface area contributed by atoms with E-state index < -0.39 is 0 Å². The van der Waals surface area contributed by atoms with Gasteiger partial charge in [0.15, 0.2) is 0 Å². The van der Waals surface area contributed by atoms with Crippen molar-refractivity contribution in [2.75, 3.05) is 13.2 Å². The zero-order chi connectivity index (χ0) is 22.3. The van der Waals surface area contributed by atoms with E-state index in [1.165, 1.54) is 0 Å². The van der Waals surface area contributed by atoms with Gasteiger partial charge in [-0.2, -0.15) is 0 Å². The van der Waals surface area contributed by atoms with Crippen LogP contribution in [0.4, 0.5) is 4.79 Å². The molecule has 1 heterocycles. The molecule has 1 aliphatic heterocycles. The molecular weight excluding hydrogens is 446 g/mol. The van der Waals surface area contributed by atoms with Crippen molar-refractivity contribution in [3.63, 3.8) is 0 Å². The van der Waals surface area contributed by atoms with Gasteiger partial charge in [0.25, 0.3) is 5.24 Å². The van der Waals surface area contributed by atoms with Crippen LogP contribution in [-0.2, 0) is 16.0 Å². The second-order valence-corrected chi connectivity index (χ2v) is 8.90. The molecule has 0 radical (unpaired) electrons. The molecule has 32 heavy (non-hydrogen) atoms. The molecule has 5 nitrogen and oxygen atoms in total. The third kappa shape index (κ3) is 5.91. The van der Waals surface area contributed by atoms with Gasteiger partial charge in [-0.25, -0.2) is 0 Å². The van der Waals surface area contributed by atoms with Crippen molar-refractivity contribution < 1.29 is 19.1 Å². The van der Waals surface area contributed by atoms with Crippen LogP contribution in [-0.4, -0.2) is 29.6 Å². The summed E-state index contributed by atoms with van der Waals surface area (Å²) in [6.07, 6.45) is 0.295. The van der Waals surface area contributed by atoms with E-state index in [0.29, 0.717) is 24.7 Å². The fraction of sp³-hybridized carbons (Fsp3) is 0.200. The quantitative estimate of drug-likeness (QED) is 0.426. The Kier molecular flexibility index (Phi) is 7.47. The summed E-state index contributed by atoms with van der Waals surface area (Å²) in [5.74, 6) is 0.492.